The second-order valence-electron chi connectivity index (χ2n) is 7.16. The van der Waals surface area contributed by atoms with Crippen LogP contribution in [-0.2, 0) is 17.8 Å². The van der Waals surface area contributed by atoms with Crippen LogP contribution in [0.15, 0.2) is 53.3 Å². The number of hydrogen-bond donors (Lipinski definition) is 3. The molecule has 4 aromatic rings. The van der Waals surface area contributed by atoms with Crippen molar-refractivity contribution in [2.75, 3.05) is 0 Å². The monoisotopic (exact) mass is 418 g/mol. The third kappa shape index (κ3) is 4.30. The van der Waals surface area contributed by atoms with Crippen molar-refractivity contribution in [2.45, 2.75) is 32.7 Å². The number of fused-ring (bicyclic) bond motifs is 2. The number of H-pyrrole nitrogens is 1. The minimum Gasteiger partial charge on any atom is -0.342 e. The van der Waals surface area contributed by atoms with Gasteiger partial charge in [0.05, 0.1) is 22.8 Å². The van der Waals surface area contributed by atoms with Gasteiger partial charge in [0.2, 0.25) is 5.91 Å². The standard InChI is InChI=1S/C22H22N6O3/c1-2-3-12-28-22(31)15-9-5-4-8-14(15)20(27-28)21(30)26-25-19(29)13-18-23-16-10-6-7-11-17(16)24-18/h4-11H,2-3,12-13H2,1H3,(H,23,24)(H,25,29)(H,26,30). The molecule has 2 heterocycles. The van der Waals surface area contributed by atoms with Gasteiger partial charge in [-0.25, -0.2) is 9.67 Å². The van der Waals surface area contributed by atoms with E-state index in [1.807, 2.05) is 31.2 Å². The van der Waals surface area contributed by atoms with Crippen LogP contribution in [-0.4, -0.2) is 31.6 Å². The molecule has 31 heavy (non-hydrogen) atoms. The summed E-state index contributed by atoms with van der Waals surface area (Å²) in [6.07, 6.45) is 1.63. The summed E-state index contributed by atoms with van der Waals surface area (Å²) in [7, 11) is 0. The highest BCUT2D eigenvalue weighted by Gasteiger charge is 2.17. The van der Waals surface area contributed by atoms with E-state index >= 15 is 0 Å². The van der Waals surface area contributed by atoms with Crippen molar-refractivity contribution in [3.8, 4) is 0 Å². The van der Waals surface area contributed by atoms with Crippen LogP contribution in [0.3, 0.4) is 0 Å². The third-order valence-corrected chi connectivity index (χ3v) is 4.89. The highest BCUT2D eigenvalue weighted by atomic mass is 16.2. The van der Waals surface area contributed by atoms with E-state index in [2.05, 4.69) is 25.9 Å². The van der Waals surface area contributed by atoms with Gasteiger partial charge in [0, 0.05) is 11.9 Å². The van der Waals surface area contributed by atoms with Crippen LogP contribution in [0.2, 0.25) is 0 Å². The normalized spacial score (nSPS) is 11.0. The van der Waals surface area contributed by atoms with E-state index in [1.165, 1.54) is 4.68 Å². The average molecular weight is 418 g/mol. The molecule has 0 aliphatic heterocycles. The molecular weight excluding hydrogens is 396 g/mol. The number of imidazole rings is 1. The number of aromatic amines is 1. The molecule has 0 spiro atoms. The van der Waals surface area contributed by atoms with Crippen LogP contribution in [0.1, 0.15) is 36.1 Å². The molecule has 2 amide bonds. The second-order valence-corrected chi connectivity index (χ2v) is 7.16. The summed E-state index contributed by atoms with van der Waals surface area (Å²) in [6.45, 7) is 2.43. The van der Waals surface area contributed by atoms with Crippen molar-refractivity contribution in [3.63, 3.8) is 0 Å². The number of carbonyl (C=O) groups is 2. The minimum atomic E-state index is -0.598. The van der Waals surface area contributed by atoms with E-state index in [4.69, 9.17) is 0 Å². The van der Waals surface area contributed by atoms with Gasteiger partial charge in [-0.15, -0.1) is 0 Å². The summed E-state index contributed by atoms with van der Waals surface area (Å²) in [5, 5.41) is 5.10. The fraction of sp³-hybridized carbons (Fsp3) is 0.227. The van der Waals surface area contributed by atoms with Gasteiger partial charge in [0.25, 0.3) is 11.5 Å². The zero-order valence-electron chi connectivity index (χ0n) is 17.0. The maximum absolute atomic E-state index is 12.8. The molecule has 0 unspecified atom stereocenters. The van der Waals surface area contributed by atoms with Crippen molar-refractivity contribution in [1.82, 2.24) is 30.6 Å². The van der Waals surface area contributed by atoms with E-state index in [-0.39, 0.29) is 17.7 Å². The molecule has 0 bridgehead atoms. The highest BCUT2D eigenvalue weighted by Crippen LogP contribution is 2.13. The Balaban J connectivity index is 1.50. The molecule has 0 aliphatic rings. The topological polar surface area (TPSA) is 122 Å². The van der Waals surface area contributed by atoms with Crippen molar-refractivity contribution in [2.24, 2.45) is 0 Å². The molecule has 0 saturated carbocycles. The van der Waals surface area contributed by atoms with E-state index < -0.39 is 11.8 Å². The van der Waals surface area contributed by atoms with Crippen LogP contribution in [0.5, 0.6) is 0 Å². The Hall–Kier alpha value is -4.01. The molecule has 2 aromatic carbocycles. The molecule has 0 aliphatic carbocycles. The lowest BCUT2D eigenvalue weighted by Gasteiger charge is -2.11. The number of unbranched alkanes of at least 4 members (excludes halogenated alkanes) is 1. The number of hydrazine groups is 1. The van der Waals surface area contributed by atoms with Gasteiger partial charge in [-0.3, -0.25) is 25.2 Å². The largest absolute Gasteiger partial charge is 0.342 e. The molecule has 2 aromatic heterocycles. The van der Waals surface area contributed by atoms with Crippen LogP contribution in [0.25, 0.3) is 21.8 Å². The predicted molar refractivity (Wildman–Crippen MR) is 116 cm³/mol. The SMILES string of the molecule is CCCCn1nc(C(=O)NNC(=O)Cc2nc3ccccc3[nH]2)c2ccccc2c1=O. The first-order valence-corrected chi connectivity index (χ1v) is 10.1. The number of amides is 2. The third-order valence-electron chi connectivity index (χ3n) is 4.89. The summed E-state index contributed by atoms with van der Waals surface area (Å²) < 4.78 is 1.30. The van der Waals surface area contributed by atoms with Gasteiger partial charge < -0.3 is 4.98 Å². The lowest BCUT2D eigenvalue weighted by Crippen LogP contribution is -2.43. The molecular formula is C22H22N6O3. The summed E-state index contributed by atoms with van der Waals surface area (Å²) in [6, 6.07) is 14.3. The molecule has 0 fully saturated rings. The van der Waals surface area contributed by atoms with Gasteiger partial charge in [0.15, 0.2) is 5.69 Å². The number of benzene rings is 2. The van der Waals surface area contributed by atoms with Crippen molar-refractivity contribution in [3.05, 3.63) is 70.4 Å². The number of rotatable bonds is 6. The zero-order chi connectivity index (χ0) is 21.8. The van der Waals surface area contributed by atoms with Crippen molar-refractivity contribution < 1.29 is 9.59 Å². The summed E-state index contributed by atoms with van der Waals surface area (Å²) in [5.41, 5.74) is 6.21. The first-order valence-electron chi connectivity index (χ1n) is 10.1. The van der Waals surface area contributed by atoms with E-state index in [1.54, 1.807) is 24.3 Å². The molecule has 0 saturated heterocycles. The van der Waals surface area contributed by atoms with Crippen LogP contribution in [0.4, 0.5) is 0 Å². The Morgan fingerprint density at radius 3 is 2.55 bits per heavy atom. The Kier molecular flexibility index (Phi) is 5.74. The van der Waals surface area contributed by atoms with E-state index in [9.17, 15) is 14.4 Å². The maximum atomic E-state index is 12.8. The summed E-state index contributed by atoms with van der Waals surface area (Å²) >= 11 is 0. The summed E-state index contributed by atoms with van der Waals surface area (Å²) in [5.74, 6) is -0.542. The van der Waals surface area contributed by atoms with E-state index in [0.717, 1.165) is 23.9 Å². The van der Waals surface area contributed by atoms with Gasteiger partial charge in [0.1, 0.15) is 5.82 Å². The van der Waals surface area contributed by atoms with Crippen LogP contribution < -0.4 is 16.4 Å². The first-order chi connectivity index (χ1) is 15.1. The van der Waals surface area contributed by atoms with E-state index in [0.29, 0.717) is 23.1 Å². The number of para-hydroxylation sites is 2. The molecule has 3 N–H and O–H groups in total. The maximum Gasteiger partial charge on any atom is 0.290 e. The van der Waals surface area contributed by atoms with Gasteiger partial charge in [-0.2, -0.15) is 5.10 Å². The van der Waals surface area contributed by atoms with Crippen molar-refractivity contribution >= 4 is 33.6 Å². The predicted octanol–water partition coefficient (Wildman–Crippen LogP) is 2.08. The van der Waals surface area contributed by atoms with Gasteiger partial charge in [-0.05, 0) is 24.6 Å². The fourth-order valence-corrected chi connectivity index (χ4v) is 3.33. The Morgan fingerprint density at radius 2 is 1.77 bits per heavy atom. The fourth-order valence-electron chi connectivity index (χ4n) is 3.33. The Bertz CT molecular complexity index is 1290. The Labute approximate surface area is 177 Å². The number of aromatic nitrogens is 4. The molecule has 9 nitrogen and oxygen atoms in total. The van der Waals surface area contributed by atoms with Gasteiger partial charge >= 0.3 is 0 Å². The number of hydrogen-bond acceptors (Lipinski definition) is 5. The molecule has 4 rings (SSSR count). The summed E-state index contributed by atoms with van der Waals surface area (Å²) in [4.78, 5) is 45.1. The van der Waals surface area contributed by atoms with Crippen LogP contribution in [0, 0.1) is 0 Å². The first kappa shape index (κ1) is 20.3. The zero-order valence-corrected chi connectivity index (χ0v) is 17.0. The van der Waals surface area contributed by atoms with Crippen molar-refractivity contribution in [1.29, 1.82) is 0 Å². The Morgan fingerprint density at radius 1 is 1.03 bits per heavy atom. The molecule has 0 atom stereocenters. The lowest BCUT2D eigenvalue weighted by molar-refractivity contribution is -0.121. The second kappa shape index (κ2) is 8.78. The number of nitrogens with one attached hydrogen (secondary N) is 3. The smallest absolute Gasteiger partial charge is 0.290 e. The number of nitrogens with zero attached hydrogens (tertiary/aromatic N) is 3. The molecule has 9 heteroatoms. The van der Waals surface area contributed by atoms with Gasteiger partial charge in [-0.1, -0.05) is 43.7 Å². The number of carbonyl (C=O) groups excluding carboxylic acids is 2. The quantitative estimate of drug-likeness (QED) is 0.414. The number of aryl methyl sites for hydroxylation is 1. The molecule has 158 valence electrons. The molecule has 0 radical (unpaired) electrons. The minimum absolute atomic E-state index is 0.0286. The average Bonchev–Trinajstić information content (AvgIpc) is 3.19. The van der Waals surface area contributed by atoms with Crippen LogP contribution >= 0.6 is 0 Å². The lowest BCUT2D eigenvalue weighted by atomic mass is 10.1. The highest BCUT2D eigenvalue weighted by molar-refractivity contribution is 6.05.